The molecule has 0 saturated heterocycles. The number of rotatable bonds is 6. The summed E-state index contributed by atoms with van der Waals surface area (Å²) in [6.07, 6.45) is 0. The van der Waals surface area contributed by atoms with E-state index >= 15 is 0 Å². The quantitative estimate of drug-likeness (QED) is 0.725. The third-order valence-corrected chi connectivity index (χ3v) is 4.22. The fraction of sp³-hybridized carbons (Fsp3) is 0.188. The molecule has 0 aliphatic carbocycles. The van der Waals surface area contributed by atoms with Crippen LogP contribution in [0.5, 0.6) is 0 Å². The topological polar surface area (TPSA) is 50.1 Å². The molecule has 23 heavy (non-hydrogen) atoms. The Morgan fingerprint density at radius 3 is 2.74 bits per heavy atom. The third-order valence-electron chi connectivity index (χ3n) is 3.32. The Balaban J connectivity index is 1.79. The maximum absolute atomic E-state index is 13.2. The summed E-state index contributed by atoms with van der Waals surface area (Å²) in [6.45, 7) is 0.648. The highest BCUT2D eigenvalue weighted by atomic mass is 32.1. The zero-order valence-electron chi connectivity index (χ0n) is 12.2. The van der Waals surface area contributed by atoms with Gasteiger partial charge in [0, 0.05) is 12.6 Å². The van der Waals surface area contributed by atoms with Crippen molar-refractivity contribution in [1.29, 1.82) is 0 Å². The van der Waals surface area contributed by atoms with Gasteiger partial charge in [-0.15, -0.1) is 11.3 Å². The first-order chi connectivity index (χ1) is 11.2. The van der Waals surface area contributed by atoms with E-state index in [-0.39, 0.29) is 6.61 Å². The summed E-state index contributed by atoms with van der Waals surface area (Å²) >= 11 is 1.58. The first-order valence-corrected chi connectivity index (χ1v) is 7.95. The molecule has 0 radical (unpaired) electrons. The van der Waals surface area contributed by atoms with E-state index in [1.165, 1.54) is 6.07 Å². The van der Waals surface area contributed by atoms with Crippen molar-refractivity contribution < 1.29 is 13.9 Å². The van der Waals surface area contributed by atoms with Gasteiger partial charge in [-0.3, -0.25) is 0 Å². The molecule has 0 amide bonds. The number of aliphatic hydroxyl groups is 1. The van der Waals surface area contributed by atoms with Crippen molar-refractivity contribution in [1.82, 2.24) is 9.78 Å². The number of thiophene rings is 1. The summed E-state index contributed by atoms with van der Waals surface area (Å²) in [5.74, 6) is -1.02. The van der Waals surface area contributed by atoms with E-state index in [4.69, 9.17) is 5.11 Å². The van der Waals surface area contributed by atoms with Gasteiger partial charge < -0.3 is 10.4 Å². The minimum atomic E-state index is -0.868. The summed E-state index contributed by atoms with van der Waals surface area (Å²) in [7, 11) is 0. The highest BCUT2D eigenvalue weighted by molar-refractivity contribution is 7.13. The van der Waals surface area contributed by atoms with Gasteiger partial charge in [-0.1, -0.05) is 12.1 Å². The number of anilines is 1. The number of benzene rings is 1. The fourth-order valence-electron chi connectivity index (χ4n) is 2.21. The Bertz CT molecular complexity index is 787. The zero-order valence-corrected chi connectivity index (χ0v) is 13.0. The van der Waals surface area contributed by atoms with Gasteiger partial charge in [-0.2, -0.15) is 5.10 Å². The van der Waals surface area contributed by atoms with Crippen molar-refractivity contribution >= 4 is 17.2 Å². The maximum Gasteiger partial charge on any atom is 0.159 e. The molecule has 2 aromatic heterocycles. The number of hydrogen-bond acceptors (Lipinski definition) is 4. The molecule has 7 heteroatoms. The van der Waals surface area contributed by atoms with Crippen LogP contribution in [0.3, 0.4) is 0 Å². The standard InChI is InChI=1S/C16H15F2N3OS/c17-12-4-3-11(8-13(12)18)10-19-16-9-14(15-2-1-7-23-15)20-21(16)5-6-22/h1-4,7-9,19,22H,5-6,10H2. The smallest absolute Gasteiger partial charge is 0.159 e. The van der Waals surface area contributed by atoms with E-state index in [2.05, 4.69) is 10.4 Å². The number of nitrogens with one attached hydrogen (secondary N) is 1. The average molecular weight is 335 g/mol. The van der Waals surface area contributed by atoms with Gasteiger partial charge in [-0.05, 0) is 29.1 Å². The molecular weight excluding hydrogens is 320 g/mol. The molecule has 0 atom stereocenters. The molecule has 2 N–H and O–H groups in total. The molecule has 0 saturated carbocycles. The predicted molar refractivity (Wildman–Crippen MR) is 86.3 cm³/mol. The van der Waals surface area contributed by atoms with Crippen LogP contribution in [0.25, 0.3) is 10.6 Å². The molecule has 0 aliphatic rings. The lowest BCUT2D eigenvalue weighted by Gasteiger charge is -2.09. The van der Waals surface area contributed by atoms with Crippen LogP contribution in [0, 0.1) is 11.6 Å². The molecule has 0 spiro atoms. The van der Waals surface area contributed by atoms with Gasteiger partial charge in [-0.25, -0.2) is 13.5 Å². The molecule has 0 unspecified atom stereocenters. The van der Waals surface area contributed by atoms with Gasteiger partial charge >= 0.3 is 0 Å². The molecule has 3 aromatic rings. The van der Waals surface area contributed by atoms with Crippen molar-refractivity contribution in [3.63, 3.8) is 0 Å². The number of hydrogen-bond donors (Lipinski definition) is 2. The van der Waals surface area contributed by atoms with E-state index in [1.54, 1.807) is 16.0 Å². The van der Waals surface area contributed by atoms with Gasteiger partial charge in [0.05, 0.1) is 18.0 Å². The van der Waals surface area contributed by atoms with Crippen molar-refractivity contribution in [2.24, 2.45) is 0 Å². The normalized spacial score (nSPS) is 10.9. The van der Waals surface area contributed by atoms with Crippen LogP contribution in [0.15, 0.2) is 41.8 Å². The molecule has 0 bridgehead atoms. The van der Waals surface area contributed by atoms with Gasteiger partial charge in [0.25, 0.3) is 0 Å². The van der Waals surface area contributed by atoms with Gasteiger partial charge in [0.2, 0.25) is 0 Å². The SMILES string of the molecule is OCCn1nc(-c2cccs2)cc1NCc1ccc(F)c(F)c1. The maximum atomic E-state index is 13.2. The summed E-state index contributed by atoms with van der Waals surface area (Å²) in [5.41, 5.74) is 1.43. The Labute approximate surface area is 136 Å². The Kier molecular flexibility index (Phi) is 4.68. The highest BCUT2D eigenvalue weighted by Crippen LogP contribution is 2.26. The lowest BCUT2D eigenvalue weighted by Crippen LogP contribution is -2.10. The Hall–Kier alpha value is -2.25. The summed E-state index contributed by atoms with van der Waals surface area (Å²) in [4.78, 5) is 1.03. The van der Waals surface area contributed by atoms with E-state index in [1.807, 2.05) is 23.6 Å². The molecule has 3 rings (SSSR count). The molecular formula is C16H15F2N3OS. The van der Waals surface area contributed by atoms with Gasteiger partial charge in [0.1, 0.15) is 11.5 Å². The second-order valence-electron chi connectivity index (χ2n) is 4.94. The van der Waals surface area contributed by atoms with E-state index in [9.17, 15) is 8.78 Å². The van der Waals surface area contributed by atoms with Crippen LogP contribution in [0.4, 0.5) is 14.6 Å². The fourth-order valence-corrected chi connectivity index (χ4v) is 2.89. The Morgan fingerprint density at radius 1 is 1.17 bits per heavy atom. The van der Waals surface area contributed by atoms with Crippen molar-refractivity contribution in [3.8, 4) is 10.6 Å². The van der Waals surface area contributed by atoms with Crippen LogP contribution < -0.4 is 5.32 Å². The van der Waals surface area contributed by atoms with Crippen LogP contribution in [-0.2, 0) is 13.1 Å². The second kappa shape index (κ2) is 6.89. The first-order valence-electron chi connectivity index (χ1n) is 7.08. The lowest BCUT2D eigenvalue weighted by atomic mass is 10.2. The van der Waals surface area contributed by atoms with Crippen LogP contribution in [0.2, 0.25) is 0 Å². The third kappa shape index (κ3) is 3.57. The van der Waals surface area contributed by atoms with E-state index in [0.29, 0.717) is 24.5 Å². The second-order valence-corrected chi connectivity index (χ2v) is 5.89. The summed E-state index contributed by atoms with van der Waals surface area (Å²) in [6, 6.07) is 9.58. The van der Waals surface area contributed by atoms with Crippen LogP contribution >= 0.6 is 11.3 Å². The van der Waals surface area contributed by atoms with Crippen LogP contribution in [0.1, 0.15) is 5.56 Å². The molecule has 0 fully saturated rings. The molecule has 2 heterocycles. The largest absolute Gasteiger partial charge is 0.394 e. The van der Waals surface area contributed by atoms with E-state index in [0.717, 1.165) is 22.7 Å². The first kappa shape index (κ1) is 15.6. The minimum absolute atomic E-state index is 0.0363. The van der Waals surface area contributed by atoms with Crippen molar-refractivity contribution in [3.05, 3.63) is 59.0 Å². The summed E-state index contributed by atoms with van der Waals surface area (Å²) < 4.78 is 27.9. The van der Waals surface area contributed by atoms with E-state index < -0.39 is 11.6 Å². The number of nitrogens with zero attached hydrogens (tertiary/aromatic N) is 2. The molecule has 0 aliphatic heterocycles. The number of halogens is 2. The number of aromatic nitrogens is 2. The molecule has 1 aromatic carbocycles. The lowest BCUT2D eigenvalue weighted by molar-refractivity contribution is 0.270. The van der Waals surface area contributed by atoms with Crippen molar-refractivity contribution in [2.45, 2.75) is 13.1 Å². The zero-order chi connectivity index (χ0) is 16.2. The highest BCUT2D eigenvalue weighted by Gasteiger charge is 2.10. The Morgan fingerprint density at radius 2 is 2.04 bits per heavy atom. The van der Waals surface area contributed by atoms with Crippen LogP contribution in [-0.4, -0.2) is 21.5 Å². The molecule has 120 valence electrons. The minimum Gasteiger partial charge on any atom is -0.394 e. The van der Waals surface area contributed by atoms with Gasteiger partial charge in [0.15, 0.2) is 11.6 Å². The number of aliphatic hydroxyl groups excluding tert-OH is 1. The molecule has 4 nitrogen and oxygen atoms in total. The average Bonchev–Trinajstić information content (AvgIpc) is 3.18. The monoisotopic (exact) mass is 335 g/mol. The summed E-state index contributed by atoms with van der Waals surface area (Å²) in [5, 5.41) is 18.7. The van der Waals surface area contributed by atoms with Crippen molar-refractivity contribution in [2.75, 3.05) is 11.9 Å². The predicted octanol–water partition coefficient (Wildman–Crippen LogP) is 3.49.